The maximum absolute atomic E-state index is 8.66. The van der Waals surface area contributed by atoms with E-state index in [0.717, 1.165) is 5.57 Å². The molecule has 0 spiro atoms. The van der Waals surface area contributed by atoms with Crippen LogP contribution in [0.2, 0.25) is 0 Å². The van der Waals surface area contributed by atoms with Gasteiger partial charge < -0.3 is 5.11 Å². The first-order valence-corrected chi connectivity index (χ1v) is 3.91. The van der Waals surface area contributed by atoms with E-state index < -0.39 is 0 Å². The lowest BCUT2D eigenvalue weighted by atomic mass is 9.96. The second-order valence-corrected chi connectivity index (χ2v) is 3.90. The molecule has 0 atom stereocenters. The van der Waals surface area contributed by atoms with Crippen LogP contribution in [0.1, 0.15) is 27.7 Å². The van der Waals surface area contributed by atoms with Gasteiger partial charge in [0.05, 0.1) is 6.61 Å². The summed E-state index contributed by atoms with van der Waals surface area (Å²) in [7, 11) is 0. The molecule has 0 fully saturated rings. The summed E-state index contributed by atoms with van der Waals surface area (Å²) in [6.07, 6.45) is 6.04. The van der Waals surface area contributed by atoms with Crippen molar-refractivity contribution in [3.8, 4) is 0 Å². The van der Waals surface area contributed by atoms with Crippen LogP contribution in [0.4, 0.5) is 0 Å². The number of hydrogen-bond acceptors (Lipinski definition) is 1. The van der Waals surface area contributed by atoms with E-state index >= 15 is 0 Å². The van der Waals surface area contributed by atoms with Gasteiger partial charge in [-0.1, -0.05) is 39.0 Å². The Morgan fingerprint density at radius 2 is 1.91 bits per heavy atom. The van der Waals surface area contributed by atoms with E-state index in [2.05, 4.69) is 26.8 Å². The van der Waals surface area contributed by atoms with Crippen molar-refractivity contribution < 1.29 is 5.11 Å². The molecule has 1 nitrogen and oxygen atoms in total. The Bertz CT molecular complexity index is 158. The zero-order valence-corrected chi connectivity index (χ0v) is 7.89. The van der Waals surface area contributed by atoms with Gasteiger partial charge in [0.15, 0.2) is 0 Å². The van der Waals surface area contributed by atoms with E-state index in [0.29, 0.717) is 0 Å². The highest BCUT2D eigenvalue weighted by Gasteiger charge is 2.01. The maximum atomic E-state index is 8.66. The summed E-state index contributed by atoms with van der Waals surface area (Å²) in [5.74, 6) is 0. The molecule has 0 aliphatic rings. The lowest BCUT2D eigenvalue weighted by Crippen LogP contribution is -1.97. The van der Waals surface area contributed by atoms with Crippen molar-refractivity contribution in [2.75, 3.05) is 6.61 Å². The van der Waals surface area contributed by atoms with Gasteiger partial charge in [-0.05, 0) is 17.9 Å². The topological polar surface area (TPSA) is 20.2 Å². The standard InChI is InChI=1S/C10H18O/c1-9(8-11)6-5-7-10(2,3)4/h5-7,11H,8H2,1-4H3/b7-5-,9-6+. The SMILES string of the molecule is C/C(=C\C=C/C(C)(C)C)CO. The van der Waals surface area contributed by atoms with Crippen molar-refractivity contribution in [2.24, 2.45) is 5.41 Å². The molecular weight excluding hydrogens is 136 g/mol. The molecule has 11 heavy (non-hydrogen) atoms. The van der Waals surface area contributed by atoms with Gasteiger partial charge in [-0.2, -0.15) is 0 Å². The van der Waals surface area contributed by atoms with E-state index in [4.69, 9.17) is 5.11 Å². The van der Waals surface area contributed by atoms with E-state index in [1.807, 2.05) is 19.1 Å². The number of aliphatic hydroxyl groups is 1. The van der Waals surface area contributed by atoms with Gasteiger partial charge in [-0.25, -0.2) is 0 Å². The van der Waals surface area contributed by atoms with Crippen molar-refractivity contribution in [3.63, 3.8) is 0 Å². The van der Waals surface area contributed by atoms with Crippen molar-refractivity contribution in [1.82, 2.24) is 0 Å². The average Bonchev–Trinajstić information content (AvgIpc) is 1.85. The molecule has 0 aliphatic carbocycles. The molecule has 0 aromatic carbocycles. The first-order valence-electron chi connectivity index (χ1n) is 3.91. The predicted molar refractivity (Wildman–Crippen MR) is 49.4 cm³/mol. The average molecular weight is 154 g/mol. The molecule has 0 saturated heterocycles. The van der Waals surface area contributed by atoms with Crippen LogP contribution < -0.4 is 0 Å². The summed E-state index contributed by atoms with van der Waals surface area (Å²) >= 11 is 0. The molecule has 0 radical (unpaired) electrons. The summed E-state index contributed by atoms with van der Waals surface area (Å²) in [6, 6.07) is 0. The van der Waals surface area contributed by atoms with Crippen molar-refractivity contribution in [1.29, 1.82) is 0 Å². The Balaban J connectivity index is 3.96. The maximum Gasteiger partial charge on any atom is 0.0642 e. The number of hydrogen-bond donors (Lipinski definition) is 1. The first kappa shape index (κ1) is 10.4. The molecule has 0 amide bonds. The molecule has 1 heteroatoms. The predicted octanol–water partition coefficient (Wildman–Crippen LogP) is 2.53. The second kappa shape index (κ2) is 4.35. The Kier molecular flexibility index (Phi) is 4.12. The monoisotopic (exact) mass is 154 g/mol. The summed E-state index contributed by atoms with van der Waals surface area (Å²) < 4.78 is 0. The minimum absolute atomic E-state index is 0.147. The van der Waals surface area contributed by atoms with Crippen LogP contribution in [-0.2, 0) is 0 Å². The quantitative estimate of drug-likeness (QED) is 0.606. The minimum atomic E-state index is 0.147. The third-order valence-electron chi connectivity index (χ3n) is 1.23. The highest BCUT2D eigenvalue weighted by Crippen LogP contribution is 2.14. The number of rotatable bonds is 2. The van der Waals surface area contributed by atoms with Gasteiger partial charge in [0.1, 0.15) is 0 Å². The normalized spacial score (nSPS) is 14.5. The molecule has 0 heterocycles. The Morgan fingerprint density at radius 1 is 1.36 bits per heavy atom. The van der Waals surface area contributed by atoms with Gasteiger partial charge in [-0.15, -0.1) is 0 Å². The van der Waals surface area contributed by atoms with Crippen LogP contribution in [0.5, 0.6) is 0 Å². The lowest BCUT2D eigenvalue weighted by Gasteiger charge is -2.10. The van der Waals surface area contributed by atoms with E-state index in [1.54, 1.807) is 0 Å². The third kappa shape index (κ3) is 7.34. The fourth-order valence-electron chi connectivity index (χ4n) is 0.554. The second-order valence-electron chi connectivity index (χ2n) is 3.90. The minimum Gasteiger partial charge on any atom is -0.392 e. The highest BCUT2D eigenvalue weighted by atomic mass is 16.3. The number of aliphatic hydroxyl groups excluding tert-OH is 1. The van der Waals surface area contributed by atoms with Gasteiger partial charge in [0, 0.05) is 0 Å². The van der Waals surface area contributed by atoms with Crippen LogP contribution in [-0.4, -0.2) is 11.7 Å². The fraction of sp³-hybridized carbons (Fsp3) is 0.600. The molecule has 0 bridgehead atoms. The number of allylic oxidation sites excluding steroid dienone is 3. The summed E-state index contributed by atoms with van der Waals surface area (Å²) in [4.78, 5) is 0. The summed E-state index contributed by atoms with van der Waals surface area (Å²) in [6.45, 7) is 8.49. The van der Waals surface area contributed by atoms with E-state index in [-0.39, 0.29) is 12.0 Å². The van der Waals surface area contributed by atoms with Gasteiger partial charge in [-0.3, -0.25) is 0 Å². The van der Waals surface area contributed by atoms with E-state index in [1.165, 1.54) is 0 Å². The molecule has 0 aromatic heterocycles. The van der Waals surface area contributed by atoms with Gasteiger partial charge >= 0.3 is 0 Å². The molecule has 1 N–H and O–H groups in total. The fourth-order valence-corrected chi connectivity index (χ4v) is 0.554. The summed E-state index contributed by atoms with van der Waals surface area (Å²) in [5, 5.41) is 8.66. The molecular formula is C10H18O. The zero-order chi connectivity index (χ0) is 8.91. The van der Waals surface area contributed by atoms with Crippen LogP contribution in [0.3, 0.4) is 0 Å². The third-order valence-corrected chi connectivity index (χ3v) is 1.23. The smallest absolute Gasteiger partial charge is 0.0642 e. The molecule has 0 unspecified atom stereocenters. The Labute approximate surface area is 69.4 Å². The first-order chi connectivity index (χ1) is 4.95. The van der Waals surface area contributed by atoms with Crippen LogP contribution in [0.25, 0.3) is 0 Å². The van der Waals surface area contributed by atoms with E-state index in [9.17, 15) is 0 Å². The molecule has 0 rings (SSSR count). The van der Waals surface area contributed by atoms with Crippen molar-refractivity contribution >= 4 is 0 Å². The molecule has 0 aliphatic heterocycles. The molecule has 0 aromatic rings. The lowest BCUT2D eigenvalue weighted by molar-refractivity contribution is 0.331. The van der Waals surface area contributed by atoms with Crippen LogP contribution >= 0.6 is 0 Å². The zero-order valence-electron chi connectivity index (χ0n) is 7.89. The van der Waals surface area contributed by atoms with Crippen molar-refractivity contribution in [2.45, 2.75) is 27.7 Å². The van der Waals surface area contributed by atoms with Gasteiger partial charge in [0.25, 0.3) is 0 Å². The van der Waals surface area contributed by atoms with Crippen LogP contribution in [0.15, 0.2) is 23.8 Å². The Hall–Kier alpha value is -0.560. The van der Waals surface area contributed by atoms with Crippen LogP contribution in [0, 0.1) is 5.41 Å². The van der Waals surface area contributed by atoms with Gasteiger partial charge in [0.2, 0.25) is 0 Å². The van der Waals surface area contributed by atoms with Crippen molar-refractivity contribution in [3.05, 3.63) is 23.8 Å². The molecule has 64 valence electrons. The molecule has 0 saturated carbocycles. The largest absolute Gasteiger partial charge is 0.392 e. The summed E-state index contributed by atoms with van der Waals surface area (Å²) in [5.41, 5.74) is 1.22. The Morgan fingerprint density at radius 3 is 2.27 bits per heavy atom. The highest BCUT2D eigenvalue weighted by molar-refractivity contribution is 5.12.